The molecule has 3 saturated heterocycles. The lowest BCUT2D eigenvalue weighted by Crippen LogP contribution is -2.96. The maximum absolute atomic E-state index is 14.0. The molecule has 1 aromatic rings. The first-order chi connectivity index (χ1) is 23.8. The second-order valence-corrected chi connectivity index (χ2v) is 16.0. The Bertz CT molecular complexity index is 1740. The summed E-state index contributed by atoms with van der Waals surface area (Å²) in [6.45, 7) is 8.00. The lowest BCUT2D eigenvalue weighted by molar-refractivity contribution is -0.487. The van der Waals surface area contributed by atoms with Gasteiger partial charge in [0.2, 0.25) is 0 Å². The van der Waals surface area contributed by atoms with Crippen LogP contribution >= 0.6 is 0 Å². The van der Waals surface area contributed by atoms with E-state index in [0.29, 0.717) is 5.56 Å². The summed E-state index contributed by atoms with van der Waals surface area (Å²) in [5.41, 5.74) is -12.4. The fourth-order valence-corrected chi connectivity index (χ4v) is 12.6. The summed E-state index contributed by atoms with van der Waals surface area (Å²) in [6, 6.07) is 1.57. The average Bonchev–Trinajstić information content (AvgIpc) is 3.73. The van der Waals surface area contributed by atoms with Gasteiger partial charge in [0.15, 0.2) is 11.7 Å². The van der Waals surface area contributed by atoms with Gasteiger partial charge in [0.25, 0.3) is 5.97 Å². The molecular weight excluding hydrogens is 676 g/mol. The highest BCUT2D eigenvalue weighted by Gasteiger charge is 3.05. The second-order valence-electron chi connectivity index (χ2n) is 16.0. The largest absolute Gasteiger partial charge is 0.472 e. The van der Waals surface area contributed by atoms with E-state index in [1.807, 2.05) is 0 Å². The summed E-state index contributed by atoms with van der Waals surface area (Å²) in [7, 11) is 1.22. The molecule has 0 radical (unpaired) electrons. The first-order valence-electron chi connectivity index (χ1n) is 17.1. The smallest absolute Gasteiger partial charge is 0.306 e. The van der Waals surface area contributed by atoms with E-state index in [9.17, 15) is 34.2 Å². The van der Waals surface area contributed by atoms with Crippen LogP contribution in [0.2, 0.25) is 0 Å². The number of methoxy groups -OCH3 is 1. The number of furan rings is 1. The Kier molecular flexibility index (Phi) is 6.83. The van der Waals surface area contributed by atoms with Gasteiger partial charge in [0.05, 0.1) is 43.0 Å². The van der Waals surface area contributed by atoms with Gasteiger partial charge < -0.3 is 52.5 Å². The number of carbonyl (C=O) groups is 5. The van der Waals surface area contributed by atoms with Crippen molar-refractivity contribution in [2.75, 3.05) is 13.7 Å². The quantitative estimate of drug-likeness (QED) is 0.287. The number of fused-ring (bicyclic) bond motifs is 3. The first-order valence-corrected chi connectivity index (χ1v) is 17.1. The molecule has 1 aromatic heterocycles. The number of aliphatic hydroxyl groups is 2. The molecule has 4 aliphatic carbocycles. The zero-order valence-electron chi connectivity index (χ0n) is 29.3. The summed E-state index contributed by atoms with van der Waals surface area (Å²) >= 11 is 0. The number of aliphatic hydroxyl groups excluding tert-OH is 1. The van der Waals surface area contributed by atoms with Crippen molar-refractivity contribution < 1.29 is 76.5 Å². The number of ether oxygens (including phenoxy) is 8. The molecule has 7 fully saturated rings. The average molecular weight is 719 g/mol. The van der Waals surface area contributed by atoms with E-state index in [-0.39, 0.29) is 19.3 Å². The molecule has 0 aromatic carbocycles. The Morgan fingerprint density at radius 2 is 1.73 bits per heavy atom. The van der Waals surface area contributed by atoms with Crippen LogP contribution in [-0.4, -0.2) is 100 Å². The molecule has 7 aliphatic rings. The lowest BCUT2D eigenvalue weighted by atomic mass is 9.32. The van der Waals surface area contributed by atoms with Crippen LogP contribution in [0.15, 0.2) is 23.0 Å². The molecule has 1 unspecified atom stereocenters. The van der Waals surface area contributed by atoms with Crippen LogP contribution in [0.1, 0.15) is 78.9 Å². The van der Waals surface area contributed by atoms with Gasteiger partial charge in [-0.3, -0.25) is 24.0 Å². The minimum Gasteiger partial charge on any atom is -0.472 e. The topological polar surface area (TPSA) is 213 Å². The molecule has 2 N–H and O–H groups in total. The van der Waals surface area contributed by atoms with E-state index >= 15 is 0 Å². The molecule has 4 saturated carbocycles. The van der Waals surface area contributed by atoms with E-state index in [4.69, 9.17) is 42.3 Å². The maximum Gasteiger partial charge on any atom is 0.306 e. The number of hydrogen-bond donors (Lipinski definition) is 2. The van der Waals surface area contributed by atoms with E-state index in [0.717, 1.165) is 0 Å². The van der Waals surface area contributed by atoms with Crippen molar-refractivity contribution in [1.82, 2.24) is 0 Å². The molecule has 14 atom stereocenters. The third-order valence-electron chi connectivity index (χ3n) is 13.8. The monoisotopic (exact) mass is 718 g/mol. The van der Waals surface area contributed by atoms with Gasteiger partial charge in [0.1, 0.15) is 35.6 Å². The van der Waals surface area contributed by atoms with Gasteiger partial charge >= 0.3 is 29.8 Å². The Hall–Kier alpha value is -3.57. The highest BCUT2D eigenvalue weighted by Crippen LogP contribution is 2.89. The van der Waals surface area contributed by atoms with Crippen LogP contribution in [0.5, 0.6) is 0 Å². The predicted octanol–water partition coefficient (Wildman–Crippen LogP) is 1.38. The normalized spacial score (nSPS) is 49.8. The second kappa shape index (κ2) is 10.1. The molecule has 278 valence electrons. The molecular formula is C35H42O16. The maximum atomic E-state index is 14.0. The van der Waals surface area contributed by atoms with Crippen molar-refractivity contribution >= 4 is 29.8 Å². The van der Waals surface area contributed by atoms with Gasteiger partial charge in [0, 0.05) is 57.4 Å². The van der Waals surface area contributed by atoms with Crippen molar-refractivity contribution in [1.29, 1.82) is 0 Å². The highest BCUT2D eigenvalue weighted by molar-refractivity contribution is 5.75. The summed E-state index contributed by atoms with van der Waals surface area (Å²) in [6.07, 6.45) is -4.20. The van der Waals surface area contributed by atoms with Crippen molar-refractivity contribution in [3.63, 3.8) is 0 Å². The van der Waals surface area contributed by atoms with Crippen molar-refractivity contribution in [3.8, 4) is 0 Å². The summed E-state index contributed by atoms with van der Waals surface area (Å²) in [5.74, 6) is -7.67. The van der Waals surface area contributed by atoms with Gasteiger partial charge in [-0.25, -0.2) is 0 Å². The van der Waals surface area contributed by atoms with Gasteiger partial charge in [-0.05, 0) is 18.4 Å². The molecule has 16 heteroatoms. The summed E-state index contributed by atoms with van der Waals surface area (Å²) in [4.78, 5) is 66.0. The Labute approximate surface area is 292 Å². The summed E-state index contributed by atoms with van der Waals surface area (Å²) < 4.78 is 55.7. The fourth-order valence-electron chi connectivity index (χ4n) is 12.6. The van der Waals surface area contributed by atoms with Crippen LogP contribution in [0.3, 0.4) is 0 Å². The van der Waals surface area contributed by atoms with Gasteiger partial charge in [-0.2, -0.15) is 0 Å². The van der Waals surface area contributed by atoms with E-state index in [1.54, 1.807) is 19.9 Å². The zero-order valence-corrected chi connectivity index (χ0v) is 29.3. The van der Waals surface area contributed by atoms with Crippen LogP contribution < -0.4 is 0 Å². The summed E-state index contributed by atoms with van der Waals surface area (Å²) in [5, 5.41) is 25.8. The SMILES string of the molecule is COC(=O)C[C@H]1[C@@]2(C)C[C@]34OC5(C)O[C@]67[C@H](CC(=O)O[C@@H]6[C@@]3(O)[C@H]2O)[C@](C)([C@@H](OC(C)=O)c2ccoc2)[C@@H](OC(C)=O)C[C@]7(O5)[C@]14COC(C)=O. The molecule has 8 rings (SSSR count). The minimum atomic E-state index is -2.43. The number of rotatable bonds is 8. The highest BCUT2D eigenvalue weighted by atomic mass is 16.9. The molecule has 51 heavy (non-hydrogen) atoms. The van der Waals surface area contributed by atoms with Gasteiger partial charge in [-0.1, -0.05) is 13.8 Å². The predicted molar refractivity (Wildman–Crippen MR) is 162 cm³/mol. The van der Waals surface area contributed by atoms with Gasteiger partial charge in [-0.15, -0.1) is 0 Å². The first kappa shape index (κ1) is 34.5. The number of hydrogen-bond acceptors (Lipinski definition) is 16. The van der Waals surface area contributed by atoms with Crippen molar-refractivity contribution in [2.24, 2.45) is 28.1 Å². The van der Waals surface area contributed by atoms with Crippen molar-refractivity contribution in [2.45, 2.75) is 120 Å². The zero-order chi connectivity index (χ0) is 36.9. The Balaban J connectivity index is 1.49. The van der Waals surface area contributed by atoms with Crippen LogP contribution in [0.25, 0.3) is 0 Å². The molecule has 16 nitrogen and oxygen atoms in total. The number of carbonyl (C=O) groups excluding carboxylic acids is 5. The molecule has 3 spiro atoms. The van der Waals surface area contributed by atoms with Crippen LogP contribution in [0.4, 0.5) is 0 Å². The van der Waals surface area contributed by atoms with E-state index in [1.165, 1.54) is 47.3 Å². The van der Waals surface area contributed by atoms with Crippen LogP contribution in [0, 0.1) is 28.1 Å². The molecule has 4 heterocycles. The molecule has 0 amide bonds. The lowest BCUT2D eigenvalue weighted by Gasteiger charge is -2.78. The van der Waals surface area contributed by atoms with Crippen LogP contribution in [-0.2, 0) is 61.9 Å². The third-order valence-corrected chi connectivity index (χ3v) is 13.8. The molecule has 4 bridgehead atoms. The van der Waals surface area contributed by atoms with E-state index in [2.05, 4.69) is 0 Å². The van der Waals surface area contributed by atoms with Crippen molar-refractivity contribution in [3.05, 3.63) is 24.2 Å². The Morgan fingerprint density at radius 3 is 2.33 bits per heavy atom. The minimum absolute atomic E-state index is 0.0972. The van der Waals surface area contributed by atoms with E-state index < -0.39 is 124 Å². The molecule has 3 aliphatic heterocycles. The third kappa shape index (κ3) is 3.56. The number of esters is 5. The Morgan fingerprint density at radius 1 is 1.02 bits per heavy atom. The fraction of sp³-hybridized carbons (Fsp3) is 0.743. The standard InChI is InChI=1S/C35H42O16/c1-16(36)45-15-31-20(10-23(39)43-7)28(4)14-33(31)34(42,26(28)41)27-35-21(11-24(40)48-27)29(5,25(47-18(3)38)19-8-9-44-13-19)22(46-17(2)37)12-32(31,35)49-30(6,50-33)51-35/h8-9,13,20-22,25-27,41-42H,10-12,14-15H2,1-7H3/t20-,21+,22-,25-,26-,27+,28+,29-,30?,31-,32-,33+,34-,35+/m0/s1.